The number of hydrogen-bond donors (Lipinski definition) is 2. The second-order valence-corrected chi connectivity index (χ2v) is 6.28. The van der Waals surface area contributed by atoms with Gasteiger partial charge in [-0.25, -0.2) is 0 Å². The molecule has 1 saturated heterocycles. The molecule has 0 aliphatic carbocycles. The summed E-state index contributed by atoms with van der Waals surface area (Å²) in [6.07, 6.45) is 1.47. The first-order valence-corrected chi connectivity index (χ1v) is 7.26. The summed E-state index contributed by atoms with van der Waals surface area (Å²) in [5, 5.41) is 3.35. The van der Waals surface area contributed by atoms with Crippen molar-refractivity contribution < 1.29 is 4.79 Å². The minimum absolute atomic E-state index is 0.268. The molecular weight excluding hydrogens is 306 g/mol. The standard InChI is InChI=1S/C14H20BrN3O/c1-10-9-14(13(16)19,7-8-18(10)2)17-12-5-3-11(15)4-6-12/h3-6,10,17H,7-9H2,1-2H3,(H2,16,19). The van der Waals surface area contributed by atoms with Crippen molar-refractivity contribution in [1.82, 2.24) is 4.90 Å². The highest BCUT2D eigenvalue weighted by molar-refractivity contribution is 9.10. The summed E-state index contributed by atoms with van der Waals surface area (Å²) in [6, 6.07) is 8.16. The van der Waals surface area contributed by atoms with Crippen LogP contribution < -0.4 is 11.1 Å². The van der Waals surface area contributed by atoms with E-state index in [-0.39, 0.29) is 5.91 Å². The predicted molar refractivity (Wildman–Crippen MR) is 81.0 cm³/mol. The van der Waals surface area contributed by atoms with Gasteiger partial charge < -0.3 is 16.0 Å². The van der Waals surface area contributed by atoms with Crippen molar-refractivity contribution >= 4 is 27.5 Å². The number of nitrogens with zero attached hydrogens (tertiary/aromatic N) is 1. The van der Waals surface area contributed by atoms with Gasteiger partial charge in [0.25, 0.3) is 0 Å². The molecule has 1 aromatic rings. The fraction of sp³-hybridized carbons (Fsp3) is 0.500. The van der Waals surface area contributed by atoms with E-state index in [2.05, 4.69) is 40.1 Å². The van der Waals surface area contributed by atoms with Gasteiger partial charge in [0.05, 0.1) is 0 Å². The molecule has 1 heterocycles. The second-order valence-electron chi connectivity index (χ2n) is 5.36. The number of carbonyl (C=O) groups excluding carboxylic acids is 1. The Bertz CT molecular complexity index is 462. The summed E-state index contributed by atoms with van der Waals surface area (Å²) in [7, 11) is 2.08. The maximum absolute atomic E-state index is 11.9. The van der Waals surface area contributed by atoms with Gasteiger partial charge >= 0.3 is 0 Å². The molecule has 2 atom stereocenters. The van der Waals surface area contributed by atoms with Crippen molar-refractivity contribution in [2.75, 3.05) is 18.9 Å². The molecule has 0 bridgehead atoms. The van der Waals surface area contributed by atoms with E-state index in [0.29, 0.717) is 6.04 Å². The normalized spacial score (nSPS) is 28.1. The van der Waals surface area contributed by atoms with Gasteiger partial charge in [-0.3, -0.25) is 4.79 Å². The fourth-order valence-electron chi connectivity index (χ4n) is 2.56. The van der Waals surface area contributed by atoms with E-state index in [1.807, 2.05) is 24.3 Å². The number of hydrogen-bond acceptors (Lipinski definition) is 3. The zero-order chi connectivity index (χ0) is 14.0. The first-order valence-electron chi connectivity index (χ1n) is 6.47. The summed E-state index contributed by atoms with van der Waals surface area (Å²) in [4.78, 5) is 14.2. The van der Waals surface area contributed by atoms with Gasteiger partial charge in [0, 0.05) is 22.7 Å². The largest absolute Gasteiger partial charge is 0.371 e. The monoisotopic (exact) mass is 325 g/mol. The first-order chi connectivity index (χ1) is 8.93. The molecule has 104 valence electrons. The molecule has 0 radical (unpaired) electrons. The lowest BCUT2D eigenvalue weighted by molar-refractivity contribution is -0.124. The zero-order valence-corrected chi connectivity index (χ0v) is 12.9. The number of amides is 1. The summed E-state index contributed by atoms with van der Waals surface area (Å²) >= 11 is 3.40. The van der Waals surface area contributed by atoms with Gasteiger partial charge in [0.2, 0.25) is 5.91 Å². The van der Waals surface area contributed by atoms with Crippen LogP contribution in [0, 0.1) is 0 Å². The molecule has 1 amide bonds. The smallest absolute Gasteiger partial charge is 0.243 e. The molecule has 0 saturated carbocycles. The molecule has 0 spiro atoms. The molecule has 4 nitrogen and oxygen atoms in total. The van der Waals surface area contributed by atoms with Gasteiger partial charge in [-0.05, 0) is 51.1 Å². The lowest BCUT2D eigenvalue weighted by Gasteiger charge is -2.43. The Kier molecular flexibility index (Phi) is 4.16. The van der Waals surface area contributed by atoms with Crippen molar-refractivity contribution in [3.8, 4) is 0 Å². The molecule has 1 aromatic carbocycles. The van der Waals surface area contributed by atoms with Gasteiger partial charge in [-0.2, -0.15) is 0 Å². The number of benzene rings is 1. The van der Waals surface area contributed by atoms with E-state index < -0.39 is 5.54 Å². The van der Waals surface area contributed by atoms with E-state index in [1.54, 1.807) is 0 Å². The molecule has 1 fully saturated rings. The Morgan fingerprint density at radius 1 is 1.47 bits per heavy atom. The summed E-state index contributed by atoms with van der Waals surface area (Å²) in [6.45, 7) is 2.99. The quantitative estimate of drug-likeness (QED) is 0.895. The summed E-state index contributed by atoms with van der Waals surface area (Å²) < 4.78 is 1.02. The van der Waals surface area contributed by atoms with Gasteiger partial charge in [0.1, 0.15) is 5.54 Å². The topological polar surface area (TPSA) is 58.4 Å². The molecule has 1 aliphatic heterocycles. The Balaban J connectivity index is 2.21. The van der Waals surface area contributed by atoms with Crippen molar-refractivity contribution in [1.29, 1.82) is 0 Å². The Morgan fingerprint density at radius 3 is 2.63 bits per heavy atom. The first kappa shape index (κ1) is 14.3. The van der Waals surface area contributed by atoms with Crippen LogP contribution in [0.3, 0.4) is 0 Å². The number of carbonyl (C=O) groups is 1. The number of rotatable bonds is 3. The van der Waals surface area contributed by atoms with E-state index in [0.717, 1.165) is 29.5 Å². The number of nitrogens with two attached hydrogens (primary N) is 1. The molecule has 1 aliphatic rings. The van der Waals surface area contributed by atoms with Crippen LogP contribution >= 0.6 is 15.9 Å². The maximum Gasteiger partial charge on any atom is 0.243 e. The highest BCUT2D eigenvalue weighted by Gasteiger charge is 2.41. The van der Waals surface area contributed by atoms with E-state index in [9.17, 15) is 4.79 Å². The highest BCUT2D eigenvalue weighted by atomic mass is 79.9. The zero-order valence-electron chi connectivity index (χ0n) is 11.3. The molecule has 3 N–H and O–H groups in total. The number of piperidine rings is 1. The number of nitrogens with one attached hydrogen (secondary N) is 1. The van der Waals surface area contributed by atoms with Crippen LogP contribution in [-0.4, -0.2) is 36.0 Å². The lowest BCUT2D eigenvalue weighted by atomic mass is 9.83. The third-order valence-corrected chi connectivity index (χ3v) is 4.52. The van der Waals surface area contributed by atoms with Gasteiger partial charge in [-0.1, -0.05) is 15.9 Å². The minimum atomic E-state index is -0.639. The van der Waals surface area contributed by atoms with Gasteiger partial charge in [0.15, 0.2) is 0 Å². The number of primary amides is 1. The maximum atomic E-state index is 11.9. The molecule has 5 heteroatoms. The Labute approximate surface area is 122 Å². The van der Waals surface area contributed by atoms with Gasteiger partial charge in [-0.15, -0.1) is 0 Å². The van der Waals surface area contributed by atoms with E-state index in [4.69, 9.17) is 5.73 Å². The van der Waals surface area contributed by atoms with Crippen LogP contribution in [-0.2, 0) is 4.79 Å². The average Bonchev–Trinajstić information content (AvgIpc) is 2.37. The molecule has 2 unspecified atom stereocenters. The molecule has 0 aromatic heterocycles. The van der Waals surface area contributed by atoms with Crippen molar-refractivity contribution in [3.63, 3.8) is 0 Å². The second kappa shape index (κ2) is 5.51. The van der Waals surface area contributed by atoms with Crippen LogP contribution in [0.2, 0.25) is 0 Å². The van der Waals surface area contributed by atoms with Crippen molar-refractivity contribution in [2.24, 2.45) is 5.73 Å². The lowest BCUT2D eigenvalue weighted by Crippen LogP contribution is -2.58. The predicted octanol–water partition coefficient (Wildman–Crippen LogP) is 2.20. The van der Waals surface area contributed by atoms with E-state index >= 15 is 0 Å². The number of halogens is 1. The number of anilines is 1. The molecular formula is C14H20BrN3O. The SMILES string of the molecule is CC1CC(Nc2ccc(Br)cc2)(C(N)=O)CCN1C. The molecule has 19 heavy (non-hydrogen) atoms. The van der Waals surface area contributed by atoms with E-state index in [1.165, 1.54) is 0 Å². The fourth-order valence-corrected chi connectivity index (χ4v) is 2.82. The van der Waals surface area contributed by atoms with Crippen LogP contribution in [0.25, 0.3) is 0 Å². The van der Waals surface area contributed by atoms with Crippen molar-refractivity contribution in [2.45, 2.75) is 31.3 Å². The van der Waals surface area contributed by atoms with Crippen LogP contribution in [0.5, 0.6) is 0 Å². The van der Waals surface area contributed by atoms with Crippen LogP contribution in [0.4, 0.5) is 5.69 Å². The number of likely N-dealkylation sites (tertiary alicyclic amines) is 1. The Hall–Kier alpha value is -1.07. The van der Waals surface area contributed by atoms with Crippen LogP contribution in [0.1, 0.15) is 19.8 Å². The Morgan fingerprint density at radius 2 is 2.11 bits per heavy atom. The average molecular weight is 326 g/mol. The van der Waals surface area contributed by atoms with Crippen molar-refractivity contribution in [3.05, 3.63) is 28.7 Å². The highest BCUT2D eigenvalue weighted by Crippen LogP contribution is 2.30. The third-order valence-electron chi connectivity index (χ3n) is 3.99. The summed E-state index contributed by atoms with van der Waals surface area (Å²) in [5.74, 6) is -0.268. The van der Waals surface area contributed by atoms with Crippen LogP contribution in [0.15, 0.2) is 28.7 Å². The third kappa shape index (κ3) is 3.09. The molecule has 2 rings (SSSR count). The minimum Gasteiger partial charge on any atom is -0.371 e. The summed E-state index contributed by atoms with van der Waals surface area (Å²) in [5.41, 5.74) is 5.95.